The summed E-state index contributed by atoms with van der Waals surface area (Å²) in [6.45, 7) is 1.33. The summed E-state index contributed by atoms with van der Waals surface area (Å²) in [5.74, 6) is -3.35. The molecule has 0 unspecified atom stereocenters. The van der Waals surface area contributed by atoms with Crippen molar-refractivity contribution in [2.75, 3.05) is 5.32 Å². The Hall–Kier alpha value is -3.82. The topological polar surface area (TPSA) is 139 Å². The highest BCUT2D eigenvalue weighted by Crippen LogP contribution is 2.19. The van der Waals surface area contributed by atoms with Crippen LogP contribution in [0, 0.1) is 15.9 Å². The van der Waals surface area contributed by atoms with Gasteiger partial charge in [-0.3, -0.25) is 19.7 Å². The molecule has 0 aliphatic rings. The van der Waals surface area contributed by atoms with Crippen LogP contribution in [0.25, 0.3) is 0 Å². The molecule has 0 saturated carbocycles. The molecule has 0 spiro atoms. The molecule has 0 radical (unpaired) electrons. The largest absolute Gasteiger partial charge is 0.480 e. The molecule has 0 aliphatic heterocycles. The number of carbonyl (C=O) groups is 3. The highest BCUT2D eigenvalue weighted by atomic mass is 19.1. The van der Waals surface area contributed by atoms with E-state index in [1.165, 1.54) is 37.3 Å². The summed E-state index contributed by atoms with van der Waals surface area (Å²) >= 11 is 0. The number of nitro groups is 1. The summed E-state index contributed by atoms with van der Waals surface area (Å²) in [6, 6.07) is 7.41. The first kappa shape index (κ1) is 20.5. The summed E-state index contributed by atoms with van der Waals surface area (Å²) < 4.78 is 13.4. The van der Waals surface area contributed by atoms with E-state index in [0.717, 1.165) is 12.1 Å². The maximum absolute atomic E-state index is 13.4. The third-order valence-corrected chi connectivity index (χ3v) is 3.72. The summed E-state index contributed by atoms with van der Waals surface area (Å²) in [4.78, 5) is 44.6. The van der Waals surface area contributed by atoms with E-state index in [4.69, 9.17) is 0 Å². The number of amides is 2. The zero-order valence-electron chi connectivity index (χ0n) is 14.6. The van der Waals surface area contributed by atoms with E-state index >= 15 is 0 Å². The van der Waals surface area contributed by atoms with Crippen LogP contribution in [0.5, 0.6) is 0 Å². The number of nitrogens with one attached hydrogen (secondary N) is 2. The molecule has 2 amide bonds. The van der Waals surface area contributed by atoms with E-state index in [2.05, 4.69) is 10.6 Å². The van der Waals surface area contributed by atoms with Crippen LogP contribution in [0.1, 0.15) is 22.8 Å². The van der Waals surface area contributed by atoms with Gasteiger partial charge in [-0.25, -0.2) is 4.79 Å². The number of hydrogen-bond donors (Lipinski definition) is 3. The van der Waals surface area contributed by atoms with Crippen molar-refractivity contribution >= 4 is 29.2 Å². The number of halogens is 1. The summed E-state index contributed by atoms with van der Waals surface area (Å²) in [5.41, 5.74) is 0.0335. The van der Waals surface area contributed by atoms with Gasteiger partial charge >= 0.3 is 11.7 Å². The minimum atomic E-state index is -1.38. The average Bonchev–Trinajstić information content (AvgIpc) is 2.62. The summed E-state index contributed by atoms with van der Waals surface area (Å²) in [5, 5.41) is 25.0. The highest BCUT2D eigenvalue weighted by molar-refractivity contribution is 5.97. The van der Waals surface area contributed by atoms with Gasteiger partial charge in [-0.15, -0.1) is 0 Å². The van der Waals surface area contributed by atoms with Crippen molar-refractivity contribution in [1.29, 1.82) is 0 Å². The van der Waals surface area contributed by atoms with Gasteiger partial charge < -0.3 is 15.7 Å². The lowest BCUT2D eigenvalue weighted by Gasteiger charge is -2.15. The molecule has 0 bridgehead atoms. The molecule has 146 valence electrons. The molecule has 9 nitrogen and oxygen atoms in total. The Labute approximate surface area is 158 Å². The van der Waals surface area contributed by atoms with Crippen molar-refractivity contribution in [3.05, 3.63) is 69.5 Å². The van der Waals surface area contributed by atoms with Gasteiger partial charge in [0.1, 0.15) is 6.04 Å². The first-order valence-corrected chi connectivity index (χ1v) is 8.01. The van der Waals surface area contributed by atoms with Crippen molar-refractivity contribution in [2.45, 2.75) is 19.4 Å². The van der Waals surface area contributed by atoms with Gasteiger partial charge in [0.25, 0.3) is 5.91 Å². The molecule has 2 rings (SSSR count). The van der Waals surface area contributed by atoms with Crippen LogP contribution in [0.15, 0.2) is 42.5 Å². The zero-order valence-corrected chi connectivity index (χ0v) is 14.6. The number of carboxylic acid groups (broad SMARTS) is 1. The fourth-order valence-electron chi connectivity index (χ4n) is 2.41. The van der Waals surface area contributed by atoms with Gasteiger partial charge in [0, 0.05) is 30.7 Å². The molecule has 0 aliphatic carbocycles. The molecule has 0 aromatic heterocycles. The van der Waals surface area contributed by atoms with Crippen molar-refractivity contribution in [3.8, 4) is 0 Å². The Bertz CT molecular complexity index is 929. The number of rotatable bonds is 7. The Balaban J connectivity index is 2.13. The second kappa shape index (κ2) is 8.71. The Kier molecular flexibility index (Phi) is 6.38. The molecule has 0 heterocycles. The number of hydrogen-bond acceptors (Lipinski definition) is 5. The molecule has 1 atom stereocenters. The second-order valence-electron chi connectivity index (χ2n) is 5.87. The van der Waals surface area contributed by atoms with Crippen LogP contribution in [0.3, 0.4) is 0 Å². The van der Waals surface area contributed by atoms with E-state index in [-0.39, 0.29) is 23.5 Å². The van der Waals surface area contributed by atoms with Gasteiger partial charge in [0.15, 0.2) is 0 Å². The maximum Gasteiger partial charge on any atom is 0.326 e. The van der Waals surface area contributed by atoms with E-state index in [1.807, 2.05) is 0 Å². The van der Waals surface area contributed by atoms with Gasteiger partial charge in [-0.05, 0) is 35.9 Å². The smallest absolute Gasteiger partial charge is 0.326 e. The predicted molar refractivity (Wildman–Crippen MR) is 96.4 cm³/mol. The standard InChI is InChI=1S/C18H16FN3O6/c1-10(23)20-13-5-3-12(4-6-13)17(24)21-15(18(25)26)8-11-2-7-14(19)16(9-11)22(27)28/h2-7,9,15H,8H2,1H3,(H,20,23)(H,21,24)(H,25,26)/t15-/m1/s1. The van der Waals surface area contributed by atoms with Gasteiger partial charge in [0.2, 0.25) is 11.7 Å². The van der Waals surface area contributed by atoms with Gasteiger partial charge in [-0.1, -0.05) is 6.07 Å². The maximum atomic E-state index is 13.4. The van der Waals surface area contributed by atoms with E-state index in [1.54, 1.807) is 0 Å². The molecular weight excluding hydrogens is 373 g/mol. The average molecular weight is 389 g/mol. The molecule has 28 heavy (non-hydrogen) atoms. The quantitative estimate of drug-likeness (QED) is 0.490. The fourth-order valence-corrected chi connectivity index (χ4v) is 2.41. The number of nitro benzene ring substituents is 1. The van der Waals surface area contributed by atoms with Gasteiger partial charge in [0.05, 0.1) is 4.92 Å². The van der Waals surface area contributed by atoms with Crippen LogP contribution in [-0.4, -0.2) is 33.9 Å². The first-order chi connectivity index (χ1) is 13.2. The van der Waals surface area contributed by atoms with Crippen molar-refractivity contribution in [3.63, 3.8) is 0 Å². The molecule has 0 fully saturated rings. The van der Waals surface area contributed by atoms with Crippen LogP contribution >= 0.6 is 0 Å². The summed E-state index contributed by atoms with van der Waals surface area (Å²) in [7, 11) is 0. The van der Waals surface area contributed by atoms with Crippen LogP contribution in [0.4, 0.5) is 15.8 Å². The third-order valence-electron chi connectivity index (χ3n) is 3.72. The number of benzene rings is 2. The van der Waals surface area contributed by atoms with Crippen molar-refractivity contribution < 1.29 is 28.8 Å². The lowest BCUT2D eigenvalue weighted by atomic mass is 10.0. The lowest BCUT2D eigenvalue weighted by molar-refractivity contribution is -0.387. The Morgan fingerprint density at radius 2 is 1.82 bits per heavy atom. The van der Waals surface area contributed by atoms with Crippen LogP contribution < -0.4 is 10.6 Å². The van der Waals surface area contributed by atoms with E-state index < -0.39 is 34.3 Å². The van der Waals surface area contributed by atoms with Gasteiger partial charge in [-0.2, -0.15) is 4.39 Å². The van der Waals surface area contributed by atoms with E-state index in [0.29, 0.717) is 5.69 Å². The van der Waals surface area contributed by atoms with Crippen LogP contribution in [-0.2, 0) is 16.0 Å². The first-order valence-electron chi connectivity index (χ1n) is 8.01. The van der Waals surface area contributed by atoms with E-state index in [9.17, 15) is 34.0 Å². The molecular formula is C18H16FN3O6. The normalized spacial score (nSPS) is 11.4. The zero-order chi connectivity index (χ0) is 20.8. The fraction of sp³-hybridized carbons (Fsp3) is 0.167. The number of carboxylic acids is 1. The molecule has 3 N–H and O–H groups in total. The Morgan fingerprint density at radius 3 is 2.36 bits per heavy atom. The molecule has 2 aromatic rings. The second-order valence-corrected chi connectivity index (χ2v) is 5.87. The lowest BCUT2D eigenvalue weighted by Crippen LogP contribution is -2.42. The number of nitrogens with zero attached hydrogens (tertiary/aromatic N) is 1. The highest BCUT2D eigenvalue weighted by Gasteiger charge is 2.23. The van der Waals surface area contributed by atoms with Crippen molar-refractivity contribution in [2.24, 2.45) is 0 Å². The SMILES string of the molecule is CC(=O)Nc1ccc(C(=O)N[C@H](Cc2ccc(F)c([N+](=O)[O-])c2)C(=O)O)cc1. The molecule has 2 aromatic carbocycles. The molecule has 0 saturated heterocycles. The Morgan fingerprint density at radius 1 is 1.18 bits per heavy atom. The van der Waals surface area contributed by atoms with Crippen LogP contribution in [0.2, 0.25) is 0 Å². The number of aliphatic carboxylic acids is 1. The van der Waals surface area contributed by atoms with Crippen molar-refractivity contribution in [1.82, 2.24) is 5.32 Å². The monoisotopic (exact) mass is 389 g/mol. The minimum Gasteiger partial charge on any atom is -0.480 e. The predicted octanol–water partition coefficient (Wildman–Crippen LogP) is 2.12. The summed E-state index contributed by atoms with van der Waals surface area (Å²) in [6.07, 6.45) is -0.272. The number of carbonyl (C=O) groups excluding carboxylic acids is 2. The third kappa shape index (κ3) is 5.34. The molecule has 10 heteroatoms. The number of anilines is 1. The minimum absolute atomic E-state index is 0.158.